The van der Waals surface area contributed by atoms with Crippen LogP contribution in [0, 0.1) is 10.1 Å². The Morgan fingerprint density at radius 3 is 2.34 bits per heavy atom. The van der Waals surface area contributed by atoms with Gasteiger partial charge in [-0.1, -0.05) is 57.9 Å². The molecule has 3 aromatic rings. The van der Waals surface area contributed by atoms with Gasteiger partial charge in [-0.3, -0.25) is 14.9 Å². The highest BCUT2D eigenvalue weighted by atomic mass is 79.9. The van der Waals surface area contributed by atoms with Crippen molar-refractivity contribution in [2.24, 2.45) is 0 Å². The Morgan fingerprint density at radius 2 is 1.62 bits per heavy atom. The second-order valence-corrected chi connectivity index (χ2v) is 8.05. The number of fused-ring (bicyclic) bond motifs is 1. The average Bonchev–Trinajstić information content (AvgIpc) is 2.73. The summed E-state index contributed by atoms with van der Waals surface area (Å²) < 4.78 is 0.945. The van der Waals surface area contributed by atoms with Crippen molar-refractivity contribution >= 4 is 55.6 Å². The van der Waals surface area contributed by atoms with E-state index in [4.69, 9.17) is 11.6 Å². The minimum absolute atomic E-state index is 0.0174. The van der Waals surface area contributed by atoms with E-state index in [0.717, 1.165) is 15.2 Å². The number of nitro groups is 1. The predicted octanol–water partition coefficient (Wildman–Crippen LogP) is 5.13. The molecule has 1 aliphatic heterocycles. The third-order valence-corrected chi connectivity index (χ3v) is 6.14. The number of carbonyl (C=O) groups is 1. The number of anilines is 1. The van der Waals surface area contributed by atoms with Crippen LogP contribution in [-0.2, 0) is 0 Å². The number of hydrogen-bond donors (Lipinski definition) is 0. The highest BCUT2D eigenvalue weighted by Crippen LogP contribution is 2.36. The Balaban J connectivity index is 1.57. The van der Waals surface area contributed by atoms with E-state index in [0.29, 0.717) is 42.5 Å². The van der Waals surface area contributed by atoms with Gasteiger partial charge in [0.05, 0.1) is 9.95 Å². The molecule has 0 radical (unpaired) electrons. The van der Waals surface area contributed by atoms with E-state index < -0.39 is 4.92 Å². The predicted molar refractivity (Wildman–Crippen MR) is 118 cm³/mol. The number of para-hydroxylation sites is 1. The van der Waals surface area contributed by atoms with Crippen molar-refractivity contribution < 1.29 is 9.72 Å². The molecule has 1 amide bonds. The summed E-state index contributed by atoms with van der Waals surface area (Å²) in [6, 6.07) is 16.2. The molecule has 4 rings (SSSR count). The van der Waals surface area contributed by atoms with E-state index in [1.807, 2.05) is 41.3 Å². The molecule has 1 saturated heterocycles. The van der Waals surface area contributed by atoms with E-state index in [-0.39, 0.29) is 11.6 Å². The lowest BCUT2D eigenvalue weighted by Gasteiger charge is -2.36. The average molecular weight is 475 g/mol. The molecular formula is C21H17BrClN3O3. The van der Waals surface area contributed by atoms with E-state index in [2.05, 4.69) is 15.9 Å². The van der Waals surface area contributed by atoms with Gasteiger partial charge in [-0.2, -0.15) is 0 Å². The molecule has 8 heteroatoms. The second kappa shape index (κ2) is 8.00. The van der Waals surface area contributed by atoms with Gasteiger partial charge in [0.15, 0.2) is 0 Å². The van der Waals surface area contributed by atoms with Crippen LogP contribution in [0.5, 0.6) is 0 Å². The van der Waals surface area contributed by atoms with Crippen LogP contribution in [0.2, 0.25) is 5.02 Å². The van der Waals surface area contributed by atoms with E-state index >= 15 is 0 Å². The first-order valence-corrected chi connectivity index (χ1v) is 10.3. The molecule has 1 fully saturated rings. The number of piperazine rings is 1. The first kappa shape index (κ1) is 19.7. The highest BCUT2D eigenvalue weighted by Gasteiger charge is 2.28. The van der Waals surface area contributed by atoms with Crippen molar-refractivity contribution in [1.29, 1.82) is 0 Å². The standard InChI is InChI=1S/C21H17BrClN3O3/c22-17-7-2-4-14-15(17)5-1-6-16(14)21(27)25-12-10-24(11-13-25)20-18(23)8-3-9-19(20)26(28)29/h1-9H,10-13H2. The molecule has 3 aromatic carbocycles. The Kier molecular flexibility index (Phi) is 5.43. The van der Waals surface area contributed by atoms with Gasteiger partial charge in [-0.05, 0) is 29.0 Å². The molecule has 6 nitrogen and oxygen atoms in total. The van der Waals surface area contributed by atoms with Crippen LogP contribution in [-0.4, -0.2) is 41.9 Å². The van der Waals surface area contributed by atoms with Crippen LogP contribution in [0.3, 0.4) is 0 Å². The number of rotatable bonds is 3. The van der Waals surface area contributed by atoms with Crippen LogP contribution < -0.4 is 4.90 Å². The normalized spacial score (nSPS) is 14.3. The fourth-order valence-corrected chi connectivity index (χ4v) is 4.51. The fraction of sp³-hybridized carbons (Fsp3) is 0.190. The zero-order valence-electron chi connectivity index (χ0n) is 15.3. The molecule has 0 spiro atoms. The summed E-state index contributed by atoms with van der Waals surface area (Å²) in [5.41, 5.74) is 1.05. The molecule has 0 N–H and O–H groups in total. The first-order chi connectivity index (χ1) is 14.0. The minimum atomic E-state index is -0.424. The van der Waals surface area contributed by atoms with Crippen molar-refractivity contribution in [2.45, 2.75) is 0 Å². The quantitative estimate of drug-likeness (QED) is 0.390. The lowest BCUT2D eigenvalue weighted by atomic mass is 10.0. The summed E-state index contributed by atoms with van der Waals surface area (Å²) in [5, 5.41) is 13.6. The Bertz CT molecular complexity index is 1110. The topological polar surface area (TPSA) is 66.7 Å². The molecule has 0 atom stereocenters. The summed E-state index contributed by atoms with van der Waals surface area (Å²) in [4.78, 5) is 27.8. The van der Waals surface area contributed by atoms with Crippen molar-refractivity contribution in [1.82, 2.24) is 4.90 Å². The van der Waals surface area contributed by atoms with Gasteiger partial charge < -0.3 is 9.80 Å². The van der Waals surface area contributed by atoms with E-state index in [1.54, 1.807) is 17.0 Å². The number of benzene rings is 3. The van der Waals surface area contributed by atoms with Crippen molar-refractivity contribution in [3.8, 4) is 0 Å². The van der Waals surface area contributed by atoms with Crippen LogP contribution in [0.25, 0.3) is 10.8 Å². The summed E-state index contributed by atoms with van der Waals surface area (Å²) in [5.74, 6) is -0.0398. The third kappa shape index (κ3) is 3.68. The summed E-state index contributed by atoms with van der Waals surface area (Å²) >= 11 is 9.79. The lowest BCUT2D eigenvalue weighted by molar-refractivity contribution is -0.384. The van der Waals surface area contributed by atoms with Crippen LogP contribution >= 0.6 is 27.5 Å². The molecule has 0 aromatic heterocycles. The van der Waals surface area contributed by atoms with Gasteiger partial charge in [0.1, 0.15) is 5.69 Å². The lowest BCUT2D eigenvalue weighted by Crippen LogP contribution is -2.49. The number of nitro benzene ring substituents is 1. The summed E-state index contributed by atoms with van der Waals surface area (Å²) in [6.45, 7) is 1.88. The van der Waals surface area contributed by atoms with Gasteiger partial charge in [-0.15, -0.1) is 0 Å². The van der Waals surface area contributed by atoms with Crippen LogP contribution in [0.4, 0.5) is 11.4 Å². The smallest absolute Gasteiger partial charge is 0.294 e. The number of carbonyl (C=O) groups excluding carboxylic acids is 1. The largest absolute Gasteiger partial charge is 0.361 e. The Hall–Kier alpha value is -2.64. The number of halogens is 2. The molecule has 29 heavy (non-hydrogen) atoms. The molecule has 0 bridgehead atoms. The van der Waals surface area contributed by atoms with Gasteiger partial charge in [0.25, 0.3) is 11.6 Å². The second-order valence-electron chi connectivity index (χ2n) is 6.78. The van der Waals surface area contributed by atoms with Crippen LogP contribution in [0.1, 0.15) is 10.4 Å². The first-order valence-electron chi connectivity index (χ1n) is 9.12. The van der Waals surface area contributed by atoms with Gasteiger partial charge >= 0.3 is 0 Å². The number of hydrogen-bond acceptors (Lipinski definition) is 4. The maximum atomic E-state index is 13.2. The molecule has 1 aliphatic rings. The number of nitrogens with zero attached hydrogens (tertiary/aromatic N) is 3. The van der Waals surface area contributed by atoms with Crippen molar-refractivity contribution in [3.05, 3.63) is 79.8 Å². The SMILES string of the molecule is O=C(c1cccc2c(Br)cccc12)N1CCN(c2c(Cl)cccc2[N+](=O)[O-])CC1. The maximum absolute atomic E-state index is 13.2. The van der Waals surface area contributed by atoms with Crippen LogP contribution in [0.15, 0.2) is 59.1 Å². The molecule has 0 aliphatic carbocycles. The summed E-state index contributed by atoms with van der Waals surface area (Å²) in [6.07, 6.45) is 0. The van der Waals surface area contributed by atoms with E-state index in [1.165, 1.54) is 6.07 Å². The monoisotopic (exact) mass is 473 g/mol. The Labute approximate surface area is 180 Å². The minimum Gasteiger partial charge on any atom is -0.361 e. The summed E-state index contributed by atoms with van der Waals surface area (Å²) in [7, 11) is 0. The maximum Gasteiger partial charge on any atom is 0.294 e. The third-order valence-electron chi connectivity index (χ3n) is 5.14. The molecule has 0 saturated carbocycles. The van der Waals surface area contributed by atoms with Crippen molar-refractivity contribution in [2.75, 3.05) is 31.1 Å². The number of amides is 1. The van der Waals surface area contributed by atoms with Crippen molar-refractivity contribution in [3.63, 3.8) is 0 Å². The molecular weight excluding hydrogens is 458 g/mol. The highest BCUT2D eigenvalue weighted by molar-refractivity contribution is 9.10. The van der Waals surface area contributed by atoms with Gasteiger partial charge in [0.2, 0.25) is 0 Å². The molecule has 1 heterocycles. The van der Waals surface area contributed by atoms with Gasteiger partial charge in [-0.25, -0.2) is 0 Å². The molecule has 148 valence electrons. The zero-order valence-corrected chi connectivity index (χ0v) is 17.7. The van der Waals surface area contributed by atoms with Gasteiger partial charge in [0, 0.05) is 42.3 Å². The molecule has 0 unspecified atom stereocenters. The van der Waals surface area contributed by atoms with E-state index in [9.17, 15) is 14.9 Å². The fourth-order valence-electron chi connectivity index (χ4n) is 3.73. The Morgan fingerprint density at radius 1 is 0.966 bits per heavy atom. The zero-order chi connectivity index (χ0) is 20.5.